The molecule has 0 aliphatic heterocycles. The Morgan fingerprint density at radius 1 is 0.909 bits per heavy atom. The second kappa shape index (κ2) is 7.31. The third-order valence-electron chi connectivity index (χ3n) is 6.04. The standard InChI is InChI=1S/C27H18N2O4/c1-32-27(31)17-8-6-16(7-9-17)15-33-18-10-11-23-22(14-18)20-12-13-28-24-19-4-2-3-5-21(19)26(30)29(23)25(20)24/h2-14H,15H2,1H3. The maximum atomic E-state index is 13.3. The first-order valence-electron chi connectivity index (χ1n) is 10.5. The van der Waals surface area contributed by atoms with Crippen LogP contribution in [0.3, 0.4) is 0 Å². The largest absolute Gasteiger partial charge is 0.489 e. The first kappa shape index (κ1) is 19.3. The Hall–Kier alpha value is -4.45. The molecule has 3 aromatic heterocycles. The van der Waals surface area contributed by atoms with E-state index in [9.17, 15) is 9.59 Å². The topological polar surface area (TPSA) is 69.9 Å². The van der Waals surface area contributed by atoms with E-state index in [1.165, 1.54) is 7.11 Å². The van der Waals surface area contributed by atoms with Gasteiger partial charge in [0.1, 0.15) is 12.4 Å². The zero-order chi connectivity index (χ0) is 22.5. The molecule has 6 rings (SSSR count). The summed E-state index contributed by atoms with van der Waals surface area (Å²) in [5.41, 5.74) is 3.84. The summed E-state index contributed by atoms with van der Waals surface area (Å²) < 4.78 is 12.5. The van der Waals surface area contributed by atoms with Gasteiger partial charge in [0.2, 0.25) is 0 Å². The molecule has 0 fully saturated rings. The molecular weight excluding hydrogens is 416 g/mol. The number of hydrogen-bond donors (Lipinski definition) is 0. The van der Waals surface area contributed by atoms with Crippen LogP contribution in [0.5, 0.6) is 5.75 Å². The van der Waals surface area contributed by atoms with Gasteiger partial charge in [-0.2, -0.15) is 0 Å². The Kier molecular flexibility index (Phi) is 4.26. The van der Waals surface area contributed by atoms with Gasteiger partial charge < -0.3 is 9.47 Å². The van der Waals surface area contributed by atoms with Gasteiger partial charge in [-0.25, -0.2) is 4.79 Å². The molecule has 6 nitrogen and oxygen atoms in total. The van der Waals surface area contributed by atoms with E-state index in [4.69, 9.17) is 9.47 Å². The van der Waals surface area contributed by atoms with Crippen molar-refractivity contribution in [2.45, 2.75) is 6.61 Å². The average molecular weight is 434 g/mol. The molecule has 0 spiro atoms. The number of hydrogen-bond acceptors (Lipinski definition) is 5. The number of benzene rings is 3. The Morgan fingerprint density at radius 3 is 2.48 bits per heavy atom. The molecule has 33 heavy (non-hydrogen) atoms. The maximum absolute atomic E-state index is 13.3. The summed E-state index contributed by atoms with van der Waals surface area (Å²) in [6, 6.07) is 22.4. The number of carbonyl (C=O) groups excluding carboxylic acids is 1. The number of fused-ring (bicyclic) bond motifs is 5. The molecule has 0 bridgehead atoms. The van der Waals surface area contributed by atoms with Crippen molar-refractivity contribution in [2.24, 2.45) is 0 Å². The van der Waals surface area contributed by atoms with Gasteiger partial charge in [-0.05, 0) is 48.0 Å². The molecule has 0 aliphatic carbocycles. The fourth-order valence-electron chi connectivity index (χ4n) is 4.46. The van der Waals surface area contributed by atoms with E-state index in [1.807, 2.05) is 60.7 Å². The molecule has 0 N–H and O–H groups in total. The smallest absolute Gasteiger partial charge is 0.337 e. The van der Waals surface area contributed by atoms with Gasteiger partial charge in [-0.15, -0.1) is 0 Å². The Balaban J connectivity index is 1.44. The van der Waals surface area contributed by atoms with Crippen LogP contribution in [0.2, 0.25) is 0 Å². The molecule has 3 aromatic carbocycles. The Bertz CT molecular complexity index is 1740. The summed E-state index contributed by atoms with van der Waals surface area (Å²) >= 11 is 0. The average Bonchev–Trinajstić information content (AvgIpc) is 3.20. The normalized spacial score (nSPS) is 11.5. The first-order chi connectivity index (χ1) is 16.2. The van der Waals surface area contributed by atoms with E-state index in [-0.39, 0.29) is 11.5 Å². The molecule has 160 valence electrons. The third-order valence-corrected chi connectivity index (χ3v) is 6.04. The van der Waals surface area contributed by atoms with Crippen molar-refractivity contribution < 1.29 is 14.3 Å². The van der Waals surface area contributed by atoms with Crippen LogP contribution in [0.1, 0.15) is 15.9 Å². The molecular formula is C27H18N2O4. The molecule has 6 aromatic rings. The molecule has 0 atom stereocenters. The van der Waals surface area contributed by atoms with E-state index >= 15 is 0 Å². The number of carbonyl (C=O) groups is 1. The first-order valence-corrected chi connectivity index (χ1v) is 10.5. The highest BCUT2D eigenvalue weighted by Gasteiger charge is 2.18. The highest BCUT2D eigenvalue weighted by Crippen LogP contribution is 2.34. The maximum Gasteiger partial charge on any atom is 0.337 e. The van der Waals surface area contributed by atoms with Crippen molar-refractivity contribution in [2.75, 3.05) is 7.11 Å². The number of rotatable bonds is 4. The van der Waals surface area contributed by atoms with Crippen LogP contribution in [-0.2, 0) is 11.3 Å². The van der Waals surface area contributed by atoms with Crippen LogP contribution in [0.4, 0.5) is 0 Å². The molecule has 0 unspecified atom stereocenters. The predicted octanol–water partition coefficient (Wildman–Crippen LogP) is 4.96. The van der Waals surface area contributed by atoms with E-state index < -0.39 is 0 Å². The number of aromatic nitrogens is 2. The number of esters is 1. The van der Waals surface area contributed by atoms with Gasteiger partial charge in [0.15, 0.2) is 0 Å². The SMILES string of the molecule is COC(=O)c1ccc(COc2ccc3c(c2)c2ccnc4c5ccccc5c(=O)n3c24)cc1. The van der Waals surface area contributed by atoms with Crippen LogP contribution in [0, 0.1) is 0 Å². The van der Waals surface area contributed by atoms with Gasteiger partial charge in [0.05, 0.1) is 29.2 Å². The van der Waals surface area contributed by atoms with Gasteiger partial charge >= 0.3 is 5.97 Å². The molecule has 0 amide bonds. The van der Waals surface area contributed by atoms with Crippen LogP contribution in [-0.4, -0.2) is 22.5 Å². The second-order valence-electron chi connectivity index (χ2n) is 7.90. The molecule has 0 saturated heterocycles. The van der Waals surface area contributed by atoms with Crippen LogP contribution >= 0.6 is 0 Å². The van der Waals surface area contributed by atoms with Crippen molar-refractivity contribution in [3.05, 3.63) is 100 Å². The van der Waals surface area contributed by atoms with Crippen molar-refractivity contribution in [3.8, 4) is 5.75 Å². The fraction of sp³-hybridized carbons (Fsp3) is 0.0741. The van der Waals surface area contributed by atoms with Gasteiger partial charge in [0, 0.05) is 27.7 Å². The summed E-state index contributed by atoms with van der Waals surface area (Å²) in [6.45, 7) is 0.350. The number of ether oxygens (including phenoxy) is 2. The summed E-state index contributed by atoms with van der Waals surface area (Å²) in [7, 11) is 1.36. The van der Waals surface area contributed by atoms with E-state index in [1.54, 1.807) is 22.7 Å². The summed E-state index contributed by atoms with van der Waals surface area (Å²) in [6.07, 6.45) is 1.78. The zero-order valence-corrected chi connectivity index (χ0v) is 17.7. The van der Waals surface area contributed by atoms with Gasteiger partial charge in [-0.1, -0.05) is 30.3 Å². The Labute approximate surface area is 188 Å². The number of pyridine rings is 2. The predicted molar refractivity (Wildman–Crippen MR) is 127 cm³/mol. The van der Waals surface area contributed by atoms with Gasteiger partial charge in [0.25, 0.3) is 5.56 Å². The van der Waals surface area contributed by atoms with E-state index in [0.717, 1.165) is 38.3 Å². The highest BCUT2D eigenvalue weighted by atomic mass is 16.5. The van der Waals surface area contributed by atoms with Crippen molar-refractivity contribution >= 4 is 44.1 Å². The lowest BCUT2D eigenvalue weighted by molar-refractivity contribution is 0.0600. The lowest BCUT2D eigenvalue weighted by Crippen LogP contribution is -2.13. The van der Waals surface area contributed by atoms with Crippen LogP contribution < -0.4 is 10.3 Å². The molecule has 6 heteroatoms. The lowest BCUT2D eigenvalue weighted by Gasteiger charge is -2.07. The molecule has 0 aliphatic rings. The van der Waals surface area contributed by atoms with E-state index in [0.29, 0.717) is 23.3 Å². The van der Waals surface area contributed by atoms with Crippen molar-refractivity contribution in [3.63, 3.8) is 0 Å². The number of nitrogens with zero attached hydrogens (tertiary/aromatic N) is 2. The zero-order valence-electron chi connectivity index (χ0n) is 17.7. The van der Waals surface area contributed by atoms with Crippen molar-refractivity contribution in [1.29, 1.82) is 0 Å². The molecule has 3 heterocycles. The molecule has 0 radical (unpaired) electrons. The summed E-state index contributed by atoms with van der Waals surface area (Å²) in [5, 5.41) is 3.41. The second-order valence-corrected chi connectivity index (χ2v) is 7.90. The lowest BCUT2D eigenvalue weighted by atomic mass is 10.1. The molecule has 0 saturated carbocycles. The Morgan fingerprint density at radius 2 is 1.70 bits per heavy atom. The van der Waals surface area contributed by atoms with Gasteiger partial charge in [-0.3, -0.25) is 14.2 Å². The quantitative estimate of drug-likeness (QED) is 0.290. The monoisotopic (exact) mass is 434 g/mol. The minimum absolute atomic E-state index is 0.0505. The van der Waals surface area contributed by atoms with E-state index in [2.05, 4.69) is 4.98 Å². The summed E-state index contributed by atoms with van der Waals surface area (Å²) in [4.78, 5) is 29.5. The van der Waals surface area contributed by atoms with Crippen LogP contribution in [0.15, 0.2) is 83.8 Å². The van der Waals surface area contributed by atoms with Crippen LogP contribution in [0.25, 0.3) is 38.1 Å². The summed E-state index contributed by atoms with van der Waals surface area (Å²) in [5.74, 6) is 0.327. The van der Waals surface area contributed by atoms with Crippen molar-refractivity contribution in [1.82, 2.24) is 9.38 Å². The minimum Gasteiger partial charge on any atom is -0.489 e. The fourth-order valence-corrected chi connectivity index (χ4v) is 4.46. The number of methoxy groups -OCH3 is 1. The minimum atomic E-state index is -0.368. The highest BCUT2D eigenvalue weighted by molar-refractivity contribution is 6.18. The third kappa shape index (κ3) is 2.91.